The molecule has 2 aromatic carbocycles. The van der Waals surface area contributed by atoms with E-state index >= 15 is 0 Å². The van der Waals surface area contributed by atoms with Crippen molar-refractivity contribution in [3.63, 3.8) is 0 Å². The molecule has 0 saturated carbocycles. The quantitative estimate of drug-likeness (QED) is 0.746. The number of amides is 1. The van der Waals surface area contributed by atoms with E-state index in [1.807, 2.05) is 19.0 Å². The highest BCUT2D eigenvalue weighted by Gasteiger charge is 2.32. The van der Waals surface area contributed by atoms with E-state index in [4.69, 9.17) is 0 Å². The lowest BCUT2D eigenvalue weighted by molar-refractivity contribution is -0.128. The maximum Gasteiger partial charge on any atom is 0.234 e. The van der Waals surface area contributed by atoms with Crippen molar-refractivity contribution in [3.05, 3.63) is 59.7 Å². The molecule has 3 rings (SSSR count). The van der Waals surface area contributed by atoms with Crippen LogP contribution in [0.5, 0.6) is 0 Å². The van der Waals surface area contributed by atoms with Crippen molar-refractivity contribution in [1.29, 1.82) is 0 Å². The van der Waals surface area contributed by atoms with Crippen LogP contribution >= 0.6 is 23.5 Å². The van der Waals surface area contributed by atoms with Crippen LogP contribution in [0, 0.1) is 0 Å². The van der Waals surface area contributed by atoms with Crippen LogP contribution in [-0.4, -0.2) is 36.9 Å². The minimum absolute atomic E-state index is 0.113. The highest BCUT2D eigenvalue weighted by molar-refractivity contribution is 8.00. The summed E-state index contributed by atoms with van der Waals surface area (Å²) in [6, 6.07) is 17.0. The topological polar surface area (TPSA) is 23.6 Å². The maximum absolute atomic E-state index is 12.4. The molecule has 3 nitrogen and oxygen atoms in total. The molecular weight excluding hydrogens is 336 g/mol. The normalized spacial score (nSPS) is 17.4. The summed E-state index contributed by atoms with van der Waals surface area (Å²) in [4.78, 5) is 17.7. The molecule has 0 radical (unpaired) electrons. The zero-order valence-electron chi connectivity index (χ0n) is 14.2. The zero-order valence-corrected chi connectivity index (χ0v) is 15.9. The number of hydrogen-bond donors (Lipinski definition) is 0. The van der Waals surface area contributed by atoms with Crippen LogP contribution in [-0.2, 0) is 11.3 Å². The first kappa shape index (κ1) is 17.2. The van der Waals surface area contributed by atoms with Gasteiger partial charge in [0, 0.05) is 31.2 Å². The molecule has 0 aliphatic carbocycles. The number of hydrogen-bond acceptors (Lipinski definition) is 4. The summed E-state index contributed by atoms with van der Waals surface area (Å²) in [6.45, 7) is 0.661. The number of anilines is 1. The number of carbonyl (C=O) groups is 1. The van der Waals surface area contributed by atoms with Gasteiger partial charge in [-0.15, -0.1) is 23.5 Å². The third-order valence-corrected chi connectivity index (χ3v) is 6.17. The van der Waals surface area contributed by atoms with Gasteiger partial charge in [0.05, 0.1) is 5.75 Å². The molecule has 24 heavy (non-hydrogen) atoms. The molecule has 5 heteroatoms. The molecule has 1 aliphatic rings. The Labute approximate surface area is 152 Å². The monoisotopic (exact) mass is 358 g/mol. The van der Waals surface area contributed by atoms with Gasteiger partial charge >= 0.3 is 0 Å². The van der Waals surface area contributed by atoms with Crippen molar-refractivity contribution >= 4 is 35.1 Å². The molecule has 2 aromatic rings. The second kappa shape index (κ2) is 7.53. The van der Waals surface area contributed by atoms with Gasteiger partial charge in [0.15, 0.2) is 0 Å². The van der Waals surface area contributed by atoms with Gasteiger partial charge in [0.25, 0.3) is 0 Å². The van der Waals surface area contributed by atoms with Crippen molar-refractivity contribution in [2.45, 2.75) is 16.8 Å². The Kier molecular flexibility index (Phi) is 5.41. The van der Waals surface area contributed by atoms with Crippen molar-refractivity contribution in [2.75, 3.05) is 31.0 Å². The van der Waals surface area contributed by atoms with Crippen LogP contribution in [0.1, 0.15) is 16.5 Å². The van der Waals surface area contributed by atoms with Crippen LogP contribution in [0.25, 0.3) is 0 Å². The van der Waals surface area contributed by atoms with Crippen LogP contribution in [0.15, 0.2) is 53.4 Å². The van der Waals surface area contributed by atoms with Crippen molar-refractivity contribution < 1.29 is 4.79 Å². The fraction of sp³-hybridized carbons (Fsp3) is 0.316. The molecule has 1 fully saturated rings. The molecule has 1 unspecified atom stereocenters. The average Bonchev–Trinajstić information content (AvgIpc) is 2.96. The Morgan fingerprint density at radius 2 is 1.79 bits per heavy atom. The Morgan fingerprint density at radius 3 is 2.38 bits per heavy atom. The number of nitrogens with zero attached hydrogens (tertiary/aromatic N) is 2. The lowest BCUT2D eigenvalue weighted by Gasteiger charge is -2.25. The summed E-state index contributed by atoms with van der Waals surface area (Å²) in [5.41, 5.74) is 3.54. The van der Waals surface area contributed by atoms with E-state index in [1.54, 1.807) is 23.5 Å². The summed E-state index contributed by atoms with van der Waals surface area (Å²) in [6.07, 6.45) is 2.08. The van der Waals surface area contributed by atoms with Gasteiger partial charge < -0.3 is 9.80 Å². The fourth-order valence-corrected chi connectivity index (χ4v) is 4.36. The summed E-state index contributed by atoms with van der Waals surface area (Å²) < 4.78 is 0. The minimum Gasteiger partial charge on any atom is -0.378 e. The van der Waals surface area contributed by atoms with Gasteiger partial charge in [0.1, 0.15) is 5.37 Å². The second-order valence-electron chi connectivity index (χ2n) is 6.02. The molecule has 1 saturated heterocycles. The van der Waals surface area contributed by atoms with Crippen LogP contribution in [0.2, 0.25) is 0 Å². The Morgan fingerprint density at radius 1 is 1.12 bits per heavy atom. The average molecular weight is 359 g/mol. The third-order valence-electron chi connectivity index (χ3n) is 4.17. The summed E-state index contributed by atoms with van der Waals surface area (Å²) in [5.74, 6) is 0.778. The highest BCUT2D eigenvalue weighted by atomic mass is 32.2. The second-order valence-corrected chi connectivity index (χ2v) is 7.97. The summed E-state index contributed by atoms with van der Waals surface area (Å²) >= 11 is 3.45. The van der Waals surface area contributed by atoms with Gasteiger partial charge in [-0.2, -0.15) is 0 Å². The predicted molar refractivity (Wildman–Crippen MR) is 105 cm³/mol. The molecule has 0 bridgehead atoms. The molecule has 1 heterocycles. The molecular formula is C19H22N2OS2. The van der Waals surface area contributed by atoms with Gasteiger partial charge in [-0.05, 0) is 41.6 Å². The summed E-state index contributed by atoms with van der Waals surface area (Å²) in [7, 11) is 4.06. The van der Waals surface area contributed by atoms with E-state index in [2.05, 4.69) is 59.7 Å². The maximum atomic E-state index is 12.4. The standard InChI is InChI=1S/C19H22N2OS2/c1-20(2)16-8-4-14(5-9-16)12-21-18(22)13-24-19(21)15-6-10-17(23-3)11-7-15/h4-11,19H,12-13H2,1-3H3. The first-order chi connectivity index (χ1) is 11.6. The SMILES string of the molecule is CSc1ccc(C2SCC(=O)N2Cc2ccc(N(C)C)cc2)cc1. The zero-order chi connectivity index (χ0) is 17.1. The number of benzene rings is 2. The van der Waals surface area contributed by atoms with Crippen LogP contribution in [0.4, 0.5) is 5.69 Å². The number of rotatable bonds is 5. The molecule has 1 aliphatic heterocycles. The molecule has 0 N–H and O–H groups in total. The fourth-order valence-electron chi connectivity index (χ4n) is 2.77. The predicted octanol–water partition coefficient (Wildman–Crippen LogP) is 4.25. The highest BCUT2D eigenvalue weighted by Crippen LogP contribution is 2.40. The molecule has 1 amide bonds. The largest absolute Gasteiger partial charge is 0.378 e. The summed E-state index contributed by atoms with van der Waals surface area (Å²) in [5, 5.41) is 0.113. The van der Waals surface area contributed by atoms with E-state index in [1.165, 1.54) is 21.7 Å². The van der Waals surface area contributed by atoms with E-state index in [-0.39, 0.29) is 11.3 Å². The van der Waals surface area contributed by atoms with E-state index in [0.29, 0.717) is 12.3 Å². The Hall–Kier alpha value is -1.59. The van der Waals surface area contributed by atoms with E-state index in [9.17, 15) is 4.79 Å². The van der Waals surface area contributed by atoms with Crippen LogP contribution in [0.3, 0.4) is 0 Å². The Bertz CT molecular complexity index is 698. The van der Waals surface area contributed by atoms with Gasteiger partial charge in [0.2, 0.25) is 5.91 Å². The Balaban J connectivity index is 1.77. The van der Waals surface area contributed by atoms with Gasteiger partial charge in [-0.1, -0.05) is 24.3 Å². The number of thioether (sulfide) groups is 2. The first-order valence-corrected chi connectivity index (χ1v) is 10.2. The molecule has 0 spiro atoms. The number of carbonyl (C=O) groups excluding carboxylic acids is 1. The first-order valence-electron chi connectivity index (χ1n) is 7.90. The van der Waals surface area contributed by atoms with Gasteiger partial charge in [-0.25, -0.2) is 0 Å². The van der Waals surface area contributed by atoms with Crippen LogP contribution < -0.4 is 4.90 Å². The van der Waals surface area contributed by atoms with Crippen molar-refractivity contribution in [2.24, 2.45) is 0 Å². The smallest absolute Gasteiger partial charge is 0.234 e. The third kappa shape index (κ3) is 3.73. The van der Waals surface area contributed by atoms with E-state index < -0.39 is 0 Å². The lowest BCUT2D eigenvalue weighted by Crippen LogP contribution is -2.27. The minimum atomic E-state index is 0.113. The molecule has 1 atom stereocenters. The van der Waals surface area contributed by atoms with Crippen molar-refractivity contribution in [1.82, 2.24) is 4.90 Å². The molecule has 0 aromatic heterocycles. The lowest BCUT2D eigenvalue weighted by atomic mass is 10.1. The molecule has 126 valence electrons. The van der Waals surface area contributed by atoms with Gasteiger partial charge in [-0.3, -0.25) is 4.79 Å². The van der Waals surface area contributed by atoms with Crippen molar-refractivity contribution in [3.8, 4) is 0 Å². The van der Waals surface area contributed by atoms with E-state index in [0.717, 1.165) is 0 Å².